The zero-order valence-corrected chi connectivity index (χ0v) is 14.5. The maximum absolute atomic E-state index is 12.5. The number of esters is 2. The first-order valence-corrected chi connectivity index (χ1v) is 8.15. The third-order valence-corrected chi connectivity index (χ3v) is 3.77. The Morgan fingerprint density at radius 3 is 2.00 bits per heavy atom. The van der Waals surface area contributed by atoms with Crippen molar-refractivity contribution in [3.05, 3.63) is 12.7 Å². The van der Waals surface area contributed by atoms with Crippen molar-refractivity contribution in [2.45, 2.75) is 65.5 Å². The molecule has 1 fully saturated rings. The monoisotopic (exact) mass is 328 g/mol. The Kier molecular flexibility index (Phi) is 7.72. The van der Waals surface area contributed by atoms with Crippen molar-refractivity contribution in [1.29, 1.82) is 0 Å². The van der Waals surface area contributed by atoms with Gasteiger partial charge in [0.2, 0.25) is 0 Å². The molecule has 0 bridgehead atoms. The third-order valence-electron chi connectivity index (χ3n) is 3.77. The minimum Gasteiger partial charge on any atom is -0.465 e. The van der Waals surface area contributed by atoms with E-state index in [1.54, 1.807) is 13.8 Å². The van der Waals surface area contributed by atoms with Gasteiger partial charge in [0.05, 0.1) is 25.4 Å². The van der Waals surface area contributed by atoms with Crippen LogP contribution in [0.25, 0.3) is 0 Å². The highest BCUT2D eigenvalue weighted by molar-refractivity contribution is 6.00. The molecule has 0 saturated carbocycles. The summed E-state index contributed by atoms with van der Waals surface area (Å²) in [5.74, 6) is -1.26. The molecule has 132 valence electrons. The zero-order chi connectivity index (χ0) is 17.5. The number of carbonyl (C=O) groups is 2. The molecule has 0 aliphatic carbocycles. The molecule has 1 heterocycles. The van der Waals surface area contributed by atoms with E-state index in [-0.39, 0.29) is 38.3 Å². The van der Waals surface area contributed by atoms with Crippen LogP contribution in [0, 0.1) is 5.41 Å². The highest BCUT2D eigenvalue weighted by atomic mass is 16.7. The first kappa shape index (κ1) is 19.6. The van der Waals surface area contributed by atoms with Crippen molar-refractivity contribution in [3.8, 4) is 0 Å². The molecular weight excluding hydrogens is 300 g/mol. The Balaban J connectivity index is 3.06. The normalized spacial score (nSPS) is 24.8. The second-order valence-electron chi connectivity index (χ2n) is 5.78. The van der Waals surface area contributed by atoms with E-state index < -0.39 is 23.6 Å². The first-order valence-electron chi connectivity index (χ1n) is 8.15. The Morgan fingerprint density at radius 2 is 1.61 bits per heavy atom. The van der Waals surface area contributed by atoms with E-state index in [0.29, 0.717) is 0 Å². The molecular formula is C17H28O6. The van der Waals surface area contributed by atoms with Crippen LogP contribution in [-0.4, -0.2) is 43.7 Å². The molecule has 23 heavy (non-hydrogen) atoms. The third kappa shape index (κ3) is 5.04. The van der Waals surface area contributed by atoms with E-state index in [1.807, 2.05) is 13.8 Å². The average Bonchev–Trinajstić information content (AvgIpc) is 2.46. The van der Waals surface area contributed by atoms with Crippen molar-refractivity contribution in [1.82, 2.24) is 0 Å². The molecule has 1 saturated heterocycles. The van der Waals surface area contributed by atoms with Crippen LogP contribution in [0.4, 0.5) is 0 Å². The van der Waals surface area contributed by atoms with Crippen LogP contribution in [0.3, 0.4) is 0 Å². The molecule has 2 atom stereocenters. The topological polar surface area (TPSA) is 71.1 Å². The molecule has 6 heteroatoms. The Hall–Kier alpha value is -1.40. The second kappa shape index (κ2) is 9.03. The van der Waals surface area contributed by atoms with Crippen LogP contribution < -0.4 is 0 Å². The summed E-state index contributed by atoms with van der Waals surface area (Å²) in [5, 5.41) is 0. The molecule has 0 spiro atoms. The van der Waals surface area contributed by atoms with Gasteiger partial charge in [0.15, 0.2) is 11.7 Å². The number of carbonyl (C=O) groups excluding carboxylic acids is 2. The second-order valence-corrected chi connectivity index (χ2v) is 5.78. The standard InChI is InChI=1S/C17H28O6/c1-6-9-17(15(18)20-7-2,16(19)21-8-3)11-14-22-12(4)10-13(5)23-14/h6,12-14H,1,7-11H2,2-5H3/t12-,13-/m1/s1. The molecule has 1 aliphatic heterocycles. The van der Waals surface area contributed by atoms with Gasteiger partial charge in [-0.25, -0.2) is 0 Å². The lowest BCUT2D eigenvalue weighted by Gasteiger charge is -2.37. The van der Waals surface area contributed by atoms with Crippen LogP contribution in [0.1, 0.15) is 47.0 Å². The van der Waals surface area contributed by atoms with Gasteiger partial charge in [-0.3, -0.25) is 9.59 Å². The Bertz CT molecular complexity index is 391. The fraction of sp³-hybridized carbons (Fsp3) is 0.765. The van der Waals surface area contributed by atoms with Gasteiger partial charge in [-0.2, -0.15) is 0 Å². The van der Waals surface area contributed by atoms with E-state index in [9.17, 15) is 9.59 Å². The number of ether oxygens (including phenoxy) is 4. The van der Waals surface area contributed by atoms with Gasteiger partial charge < -0.3 is 18.9 Å². The summed E-state index contributed by atoms with van der Waals surface area (Å²) in [6, 6.07) is 0. The maximum atomic E-state index is 12.5. The molecule has 0 N–H and O–H groups in total. The van der Waals surface area contributed by atoms with Crippen molar-refractivity contribution in [2.24, 2.45) is 5.41 Å². The summed E-state index contributed by atoms with van der Waals surface area (Å²) in [7, 11) is 0. The minimum atomic E-state index is -1.49. The summed E-state index contributed by atoms with van der Waals surface area (Å²) >= 11 is 0. The summed E-state index contributed by atoms with van der Waals surface area (Å²) in [4.78, 5) is 25.1. The largest absolute Gasteiger partial charge is 0.465 e. The lowest BCUT2D eigenvalue weighted by molar-refractivity contribution is -0.248. The fourth-order valence-electron chi connectivity index (χ4n) is 2.79. The Morgan fingerprint density at radius 1 is 1.13 bits per heavy atom. The van der Waals surface area contributed by atoms with Crippen LogP contribution in [-0.2, 0) is 28.5 Å². The maximum Gasteiger partial charge on any atom is 0.324 e. The smallest absolute Gasteiger partial charge is 0.324 e. The fourth-order valence-corrected chi connectivity index (χ4v) is 2.79. The highest BCUT2D eigenvalue weighted by Gasteiger charge is 2.50. The molecule has 0 aromatic carbocycles. The van der Waals surface area contributed by atoms with E-state index in [0.717, 1.165) is 6.42 Å². The molecule has 0 unspecified atom stereocenters. The number of rotatable bonds is 8. The molecule has 0 radical (unpaired) electrons. The predicted octanol–water partition coefficient (Wildman–Crippen LogP) is 2.61. The predicted molar refractivity (Wildman–Crippen MR) is 84.6 cm³/mol. The van der Waals surface area contributed by atoms with Crippen molar-refractivity contribution in [2.75, 3.05) is 13.2 Å². The SMILES string of the molecule is C=CCC(CC1O[C@H](C)C[C@@H](C)O1)(C(=O)OCC)C(=O)OCC. The van der Waals surface area contributed by atoms with Crippen molar-refractivity contribution >= 4 is 11.9 Å². The lowest BCUT2D eigenvalue weighted by Crippen LogP contribution is -2.47. The van der Waals surface area contributed by atoms with Crippen LogP contribution in [0.2, 0.25) is 0 Å². The van der Waals surface area contributed by atoms with Gasteiger partial charge in [0.1, 0.15) is 0 Å². The van der Waals surface area contributed by atoms with Gasteiger partial charge in [-0.05, 0) is 40.5 Å². The van der Waals surface area contributed by atoms with Crippen LogP contribution in [0.5, 0.6) is 0 Å². The van der Waals surface area contributed by atoms with E-state index in [2.05, 4.69) is 6.58 Å². The number of hydrogen-bond acceptors (Lipinski definition) is 6. The van der Waals surface area contributed by atoms with Gasteiger partial charge in [0.25, 0.3) is 0 Å². The molecule has 0 aromatic rings. The summed E-state index contributed by atoms with van der Waals surface area (Å²) in [5.41, 5.74) is -1.49. The molecule has 1 rings (SSSR count). The van der Waals surface area contributed by atoms with Gasteiger partial charge in [0, 0.05) is 6.42 Å². The lowest BCUT2D eigenvalue weighted by atomic mass is 9.80. The van der Waals surface area contributed by atoms with Gasteiger partial charge >= 0.3 is 11.9 Å². The highest BCUT2D eigenvalue weighted by Crippen LogP contribution is 2.36. The van der Waals surface area contributed by atoms with Crippen molar-refractivity contribution in [3.63, 3.8) is 0 Å². The van der Waals surface area contributed by atoms with E-state index in [1.165, 1.54) is 6.08 Å². The molecule has 6 nitrogen and oxygen atoms in total. The van der Waals surface area contributed by atoms with Gasteiger partial charge in [-0.1, -0.05) is 6.08 Å². The van der Waals surface area contributed by atoms with Crippen LogP contribution in [0.15, 0.2) is 12.7 Å². The number of allylic oxidation sites excluding steroid dienone is 1. The van der Waals surface area contributed by atoms with Crippen molar-refractivity contribution < 1.29 is 28.5 Å². The first-order chi connectivity index (χ1) is 10.9. The molecule has 1 aliphatic rings. The zero-order valence-electron chi connectivity index (χ0n) is 14.5. The molecule has 0 amide bonds. The van der Waals surface area contributed by atoms with Crippen LogP contribution >= 0.6 is 0 Å². The minimum absolute atomic E-state index is 0.00503. The summed E-state index contributed by atoms with van der Waals surface area (Å²) < 4.78 is 21.7. The van der Waals surface area contributed by atoms with E-state index >= 15 is 0 Å². The molecule has 0 aromatic heterocycles. The Labute approximate surface area is 138 Å². The number of hydrogen-bond donors (Lipinski definition) is 0. The summed E-state index contributed by atoms with van der Waals surface area (Å²) in [6.07, 6.45) is 1.77. The average molecular weight is 328 g/mol. The van der Waals surface area contributed by atoms with Gasteiger partial charge in [-0.15, -0.1) is 6.58 Å². The quantitative estimate of drug-likeness (QED) is 0.387. The summed E-state index contributed by atoms with van der Waals surface area (Å²) in [6.45, 7) is 11.3. The van der Waals surface area contributed by atoms with E-state index in [4.69, 9.17) is 18.9 Å².